The molecule has 1 amide bonds. The molecule has 3 unspecified atom stereocenters. The number of nitrogens with zero attached hydrogens (tertiary/aromatic N) is 2. The zero-order valence-electron chi connectivity index (χ0n) is 11.7. The van der Waals surface area contributed by atoms with Crippen molar-refractivity contribution in [3.05, 3.63) is 35.9 Å². The van der Waals surface area contributed by atoms with Crippen molar-refractivity contribution in [1.82, 2.24) is 9.80 Å². The molecule has 0 bridgehead atoms. The van der Waals surface area contributed by atoms with E-state index in [4.69, 9.17) is 0 Å². The highest BCUT2D eigenvalue weighted by molar-refractivity contribution is 5.83. The van der Waals surface area contributed by atoms with Crippen LogP contribution in [0.3, 0.4) is 0 Å². The highest BCUT2D eigenvalue weighted by Gasteiger charge is 2.46. The van der Waals surface area contributed by atoms with Gasteiger partial charge in [-0.05, 0) is 31.9 Å². The van der Waals surface area contributed by atoms with Crippen molar-refractivity contribution in [3.63, 3.8) is 0 Å². The molecule has 3 rings (SSSR count). The molecule has 2 aliphatic rings. The van der Waals surface area contributed by atoms with E-state index < -0.39 is 0 Å². The molecule has 102 valence electrons. The van der Waals surface area contributed by atoms with Crippen LogP contribution in [0.15, 0.2) is 30.3 Å². The van der Waals surface area contributed by atoms with E-state index in [1.165, 1.54) is 5.56 Å². The molecule has 1 aromatic carbocycles. The molecular weight excluding hydrogens is 236 g/mol. The number of likely N-dealkylation sites (N-methyl/N-ethyl adjacent to an activating group) is 1. The Morgan fingerprint density at radius 1 is 1.21 bits per heavy atom. The molecule has 3 atom stereocenters. The van der Waals surface area contributed by atoms with E-state index in [9.17, 15) is 4.79 Å². The van der Waals surface area contributed by atoms with Crippen molar-refractivity contribution in [2.45, 2.75) is 25.3 Å². The summed E-state index contributed by atoms with van der Waals surface area (Å²) in [6.07, 6.45) is 1.03. The molecule has 1 aromatic rings. The zero-order valence-corrected chi connectivity index (χ0v) is 11.7. The monoisotopic (exact) mass is 258 g/mol. The van der Waals surface area contributed by atoms with Crippen LogP contribution in [-0.4, -0.2) is 48.4 Å². The van der Waals surface area contributed by atoms with Crippen LogP contribution < -0.4 is 0 Å². The Hall–Kier alpha value is -1.35. The molecule has 0 N–H and O–H groups in total. The van der Waals surface area contributed by atoms with Gasteiger partial charge in [0.05, 0.1) is 0 Å². The summed E-state index contributed by atoms with van der Waals surface area (Å²) in [6, 6.07) is 10.8. The molecular formula is C16H22N2O. The molecule has 3 nitrogen and oxygen atoms in total. The fourth-order valence-corrected chi connectivity index (χ4v) is 3.22. The molecule has 0 aromatic heterocycles. The number of rotatable bonds is 2. The van der Waals surface area contributed by atoms with Crippen molar-refractivity contribution < 1.29 is 4.79 Å². The number of carbonyl (C=O) groups excluding carboxylic acids is 1. The molecule has 19 heavy (non-hydrogen) atoms. The minimum absolute atomic E-state index is 0.230. The second-order valence-corrected chi connectivity index (χ2v) is 6.00. The third kappa shape index (κ3) is 2.52. The lowest BCUT2D eigenvalue weighted by atomic mass is 10.1. The maximum Gasteiger partial charge on any atom is 0.226 e. The van der Waals surface area contributed by atoms with Gasteiger partial charge in [-0.15, -0.1) is 0 Å². The van der Waals surface area contributed by atoms with Crippen LogP contribution >= 0.6 is 0 Å². The zero-order chi connectivity index (χ0) is 13.4. The Labute approximate surface area is 115 Å². The first-order valence-electron chi connectivity index (χ1n) is 7.21. The van der Waals surface area contributed by atoms with Gasteiger partial charge in [0, 0.05) is 31.6 Å². The third-order valence-electron chi connectivity index (χ3n) is 4.45. The number of piperazine rings is 1. The van der Waals surface area contributed by atoms with E-state index in [-0.39, 0.29) is 5.92 Å². The minimum atomic E-state index is 0.230. The van der Waals surface area contributed by atoms with E-state index >= 15 is 0 Å². The predicted molar refractivity (Wildman–Crippen MR) is 76.0 cm³/mol. The Morgan fingerprint density at radius 3 is 2.63 bits per heavy atom. The van der Waals surface area contributed by atoms with Gasteiger partial charge in [0.2, 0.25) is 5.91 Å². The Morgan fingerprint density at radius 2 is 1.95 bits per heavy atom. The fraction of sp³-hybridized carbons (Fsp3) is 0.562. The summed E-state index contributed by atoms with van der Waals surface area (Å²) >= 11 is 0. The van der Waals surface area contributed by atoms with Gasteiger partial charge >= 0.3 is 0 Å². The third-order valence-corrected chi connectivity index (χ3v) is 4.45. The van der Waals surface area contributed by atoms with Crippen LogP contribution in [0.2, 0.25) is 0 Å². The molecule has 2 fully saturated rings. The molecule has 1 aliphatic heterocycles. The highest BCUT2D eigenvalue weighted by Crippen LogP contribution is 2.48. The Kier molecular flexibility index (Phi) is 3.31. The van der Waals surface area contributed by atoms with Crippen LogP contribution in [0.1, 0.15) is 24.8 Å². The first kappa shape index (κ1) is 12.7. The molecule has 3 heteroatoms. The summed E-state index contributed by atoms with van der Waals surface area (Å²) in [4.78, 5) is 17.0. The molecule has 1 heterocycles. The first-order valence-corrected chi connectivity index (χ1v) is 7.21. The van der Waals surface area contributed by atoms with Crippen LogP contribution in [0.25, 0.3) is 0 Å². The van der Waals surface area contributed by atoms with Gasteiger partial charge in [-0.25, -0.2) is 0 Å². The molecule has 1 saturated heterocycles. The predicted octanol–water partition coefficient (Wildman–Crippen LogP) is 1.95. The van der Waals surface area contributed by atoms with Crippen LogP contribution in [-0.2, 0) is 4.79 Å². The van der Waals surface area contributed by atoms with E-state index in [1.807, 2.05) is 6.07 Å². The van der Waals surface area contributed by atoms with Crippen LogP contribution in [0.5, 0.6) is 0 Å². The lowest BCUT2D eigenvalue weighted by molar-refractivity contribution is -0.136. The van der Waals surface area contributed by atoms with E-state index in [2.05, 4.69) is 48.0 Å². The second kappa shape index (κ2) is 4.97. The van der Waals surface area contributed by atoms with Crippen molar-refractivity contribution in [3.8, 4) is 0 Å². The number of carbonyl (C=O) groups is 1. The quantitative estimate of drug-likeness (QED) is 0.809. The molecule has 1 saturated carbocycles. The van der Waals surface area contributed by atoms with Gasteiger partial charge < -0.3 is 9.80 Å². The van der Waals surface area contributed by atoms with Gasteiger partial charge in [-0.1, -0.05) is 30.3 Å². The maximum atomic E-state index is 12.6. The summed E-state index contributed by atoms with van der Waals surface area (Å²) in [5.41, 5.74) is 1.32. The number of hydrogen-bond acceptors (Lipinski definition) is 2. The SMILES string of the molecule is CC1CN(C)CCN1C(=O)C1CC1c1ccccc1. The standard InChI is InChI=1S/C16H22N2O/c1-12-11-17(2)8-9-18(12)16(19)15-10-14(15)13-6-4-3-5-7-13/h3-7,12,14-15H,8-11H2,1-2H3. The lowest BCUT2D eigenvalue weighted by Gasteiger charge is -2.38. The van der Waals surface area contributed by atoms with Crippen molar-refractivity contribution in [2.75, 3.05) is 26.7 Å². The van der Waals surface area contributed by atoms with Gasteiger partial charge in [0.15, 0.2) is 0 Å². The van der Waals surface area contributed by atoms with E-state index in [0.29, 0.717) is 17.9 Å². The summed E-state index contributed by atoms with van der Waals surface area (Å²) in [7, 11) is 2.13. The average molecular weight is 258 g/mol. The summed E-state index contributed by atoms with van der Waals surface area (Å²) in [5, 5.41) is 0. The number of benzene rings is 1. The summed E-state index contributed by atoms with van der Waals surface area (Å²) in [6.45, 7) is 5.04. The summed E-state index contributed by atoms with van der Waals surface area (Å²) < 4.78 is 0. The molecule has 0 spiro atoms. The number of hydrogen-bond donors (Lipinski definition) is 0. The fourth-order valence-electron chi connectivity index (χ4n) is 3.22. The molecule has 0 radical (unpaired) electrons. The van der Waals surface area contributed by atoms with Crippen molar-refractivity contribution in [2.24, 2.45) is 5.92 Å². The topological polar surface area (TPSA) is 23.6 Å². The Balaban J connectivity index is 1.64. The van der Waals surface area contributed by atoms with E-state index in [0.717, 1.165) is 26.1 Å². The normalized spacial score (nSPS) is 31.3. The second-order valence-electron chi connectivity index (χ2n) is 6.00. The minimum Gasteiger partial charge on any atom is -0.337 e. The number of amides is 1. The molecule has 1 aliphatic carbocycles. The average Bonchev–Trinajstić information content (AvgIpc) is 3.19. The maximum absolute atomic E-state index is 12.6. The van der Waals surface area contributed by atoms with E-state index in [1.54, 1.807) is 0 Å². The highest BCUT2D eigenvalue weighted by atomic mass is 16.2. The lowest BCUT2D eigenvalue weighted by Crippen LogP contribution is -2.53. The van der Waals surface area contributed by atoms with Gasteiger partial charge in [-0.3, -0.25) is 4.79 Å². The van der Waals surface area contributed by atoms with Crippen LogP contribution in [0, 0.1) is 5.92 Å². The van der Waals surface area contributed by atoms with Crippen molar-refractivity contribution >= 4 is 5.91 Å². The largest absolute Gasteiger partial charge is 0.337 e. The Bertz CT molecular complexity index is 459. The first-order chi connectivity index (χ1) is 9.16. The van der Waals surface area contributed by atoms with Gasteiger partial charge in [0.1, 0.15) is 0 Å². The summed E-state index contributed by atoms with van der Waals surface area (Å²) in [5.74, 6) is 1.06. The van der Waals surface area contributed by atoms with Crippen molar-refractivity contribution in [1.29, 1.82) is 0 Å². The van der Waals surface area contributed by atoms with Gasteiger partial charge in [-0.2, -0.15) is 0 Å². The van der Waals surface area contributed by atoms with Crippen LogP contribution in [0.4, 0.5) is 0 Å². The smallest absolute Gasteiger partial charge is 0.226 e. The van der Waals surface area contributed by atoms with Gasteiger partial charge in [0.25, 0.3) is 0 Å².